The zero-order chi connectivity index (χ0) is 19.3. The van der Waals surface area contributed by atoms with Crippen molar-refractivity contribution in [3.63, 3.8) is 0 Å². The Morgan fingerprint density at radius 1 is 0.500 bits per heavy atom. The van der Waals surface area contributed by atoms with E-state index in [1.54, 1.807) is 6.92 Å². The normalized spacial score (nSPS) is 12.8. The molecule has 0 rings (SSSR count). The summed E-state index contributed by atoms with van der Waals surface area (Å²) in [5, 5.41) is 0. The van der Waals surface area contributed by atoms with Gasteiger partial charge in [-0.25, -0.2) is 4.39 Å². The molecule has 0 aromatic rings. The van der Waals surface area contributed by atoms with Gasteiger partial charge in [-0.15, -0.1) is 0 Å². The summed E-state index contributed by atoms with van der Waals surface area (Å²) in [4.78, 5) is 0. The lowest BCUT2D eigenvalue weighted by molar-refractivity contribution is 0.124. The molecule has 0 saturated carbocycles. The zero-order valence-corrected chi connectivity index (χ0v) is 18.4. The predicted octanol–water partition coefficient (Wildman–Crippen LogP) is 8.65. The Morgan fingerprint density at radius 2 is 0.885 bits per heavy atom. The van der Waals surface area contributed by atoms with E-state index in [-0.39, 0.29) is 0 Å². The van der Waals surface area contributed by atoms with E-state index in [1.165, 1.54) is 96.3 Å². The molecule has 0 aromatic carbocycles. The van der Waals surface area contributed by atoms with E-state index in [0.29, 0.717) is 0 Å². The van der Waals surface area contributed by atoms with Crippen molar-refractivity contribution in [2.75, 3.05) is 13.2 Å². The Balaban J connectivity index is 2.99. The van der Waals surface area contributed by atoms with Crippen molar-refractivity contribution < 1.29 is 9.13 Å². The van der Waals surface area contributed by atoms with E-state index in [2.05, 4.69) is 13.8 Å². The summed E-state index contributed by atoms with van der Waals surface area (Å²) in [6.07, 6.45) is 21.4. The first-order valence-corrected chi connectivity index (χ1v) is 11.8. The van der Waals surface area contributed by atoms with Crippen LogP contribution in [-0.4, -0.2) is 19.4 Å². The second kappa shape index (κ2) is 21.2. The fraction of sp³-hybridized carbons (Fsp3) is 1.00. The molecule has 0 fully saturated rings. The van der Waals surface area contributed by atoms with Crippen LogP contribution in [0.25, 0.3) is 0 Å². The van der Waals surface area contributed by atoms with Gasteiger partial charge in [-0.1, -0.05) is 97.3 Å². The number of halogens is 1. The van der Waals surface area contributed by atoms with Crippen LogP contribution in [0.15, 0.2) is 0 Å². The van der Waals surface area contributed by atoms with Gasteiger partial charge in [0, 0.05) is 13.2 Å². The maximum atomic E-state index is 12.6. The summed E-state index contributed by atoms with van der Waals surface area (Å²) in [5.74, 6) is 0.806. The topological polar surface area (TPSA) is 9.23 Å². The highest BCUT2D eigenvalue weighted by Crippen LogP contribution is 2.14. The second-order valence-electron chi connectivity index (χ2n) is 8.67. The molecule has 0 aliphatic carbocycles. The van der Waals surface area contributed by atoms with Crippen LogP contribution >= 0.6 is 0 Å². The van der Waals surface area contributed by atoms with E-state index >= 15 is 0 Å². The molecule has 0 bridgehead atoms. The van der Waals surface area contributed by atoms with Crippen LogP contribution in [-0.2, 0) is 4.74 Å². The second-order valence-corrected chi connectivity index (χ2v) is 8.67. The van der Waals surface area contributed by atoms with E-state index in [9.17, 15) is 4.39 Å². The molecule has 0 saturated heterocycles. The summed E-state index contributed by atoms with van der Waals surface area (Å²) in [7, 11) is 0. The van der Waals surface area contributed by atoms with E-state index in [4.69, 9.17) is 4.74 Å². The van der Waals surface area contributed by atoms with Gasteiger partial charge < -0.3 is 4.74 Å². The number of alkyl halides is 1. The van der Waals surface area contributed by atoms with Crippen molar-refractivity contribution in [2.45, 2.75) is 136 Å². The first kappa shape index (κ1) is 25.9. The molecule has 1 atom stereocenters. The van der Waals surface area contributed by atoms with Gasteiger partial charge in [0.1, 0.15) is 0 Å². The van der Waals surface area contributed by atoms with Crippen LogP contribution in [0.3, 0.4) is 0 Å². The number of ether oxygens (including phenoxy) is 1. The van der Waals surface area contributed by atoms with E-state index in [0.717, 1.165) is 32.0 Å². The summed E-state index contributed by atoms with van der Waals surface area (Å²) in [6.45, 7) is 8.14. The molecule has 0 aliphatic heterocycles. The molecule has 0 radical (unpaired) electrons. The quantitative estimate of drug-likeness (QED) is 0.183. The molecular weight excluding hydrogens is 323 g/mol. The lowest BCUT2D eigenvalue weighted by Crippen LogP contribution is -1.99. The standard InChI is InChI=1S/C24H49FO/c1-23(2)19-18-22-26-21-17-15-13-11-9-7-5-4-6-8-10-12-14-16-20-24(3)25/h23-24H,4-22H2,1-3H3. The monoisotopic (exact) mass is 372 g/mol. The predicted molar refractivity (Wildman–Crippen MR) is 115 cm³/mol. The van der Waals surface area contributed by atoms with Crippen molar-refractivity contribution in [3.8, 4) is 0 Å². The van der Waals surface area contributed by atoms with Gasteiger partial charge in [0.2, 0.25) is 0 Å². The van der Waals surface area contributed by atoms with Gasteiger partial charge in [0.05, 0.1) is 6.17 Å². The third kappa shape index (κ3) is 23.9. The molecule has 1 unspecified atom stereocenters. The summed E-state index contributed by atoms with van der Waals surface area (Å²) < 4.78 is 18.3. The van der Waals surface area contributed by atoms with Crippen molar-refractivity contribution in [2.24, 2.45) is 5.92 Å². The number of rotatable bonds is 21. The summed E-state index contributed by atoms with van der Waals surface area (Å²) >= 11 is 0. The first-order chi connectivity index (χ1) is 12.6. The van der Waals surface area contributed by atoms with Crippen molar-refractivity contribution in [3.05, 3.63) is 0 Å². The first-order valence-electron chi connectivity index (χ1n) is 11.8. The molecule has 158 valence electrons. The largest absolute Gasteiger partial charge is 0.381 e. The molecular formula is C24H49FO. The number of hydrogen-bond donors (Lipinski definition) is 0. The zero-order valence-electron chi connectivity index (χ0n) is 18.4. The van der Waals surface area contributed by atoms with Crippen molar-refractivity contribution >= 4 is 0 Å². The Hall–Kier alpha value is -0.110. The number of unbranched alkanes of at least 4 members (excludes halogenated alkanes) is 13. The maximum absolute atomic E-state index is 12.6. The third-order valence-electron chi connectivity index (χ3n) is 5.21. The fourth-order valence-electron chi connectivity index (χ4n) is 3.45. The molecule has 0 spiro atoms. The Labute approximate surface area is 164 Å². The smallest absolute Gasteiger partial charge is 0.0973 e. The average Bonchev–Trinajstić information content (AvgIpc) is 2.59. The SMILES string of the molecule is CC(C)CCCOCCCCCCCCCCCCCCCCC(C)F. The van der Waals surface area contributed by atoms with E-state index < -0.39 is 6.17 Å². The molecule has 0 heterocycles. The lowest BCUT2D eigenvalue weighted by Gasteiger charge is -2.06. The van der Waals surface area contributed by atoms with Gasteiger partial charge in [0.25, 0.3) is 0 Å². The third-order valence-corrected chi connectivity index (χ3v) is 5.21. The highest BCUT2D eigenvalue weighted by Gasteiger charge is 1.98. The van der Waals surface area contributed by atoms with Crippen LogP contribution < -0.4 is 0 Å². The van der Waals surface area contributed by atoms with Gasteiger partial charge in [-0.05, 0) is 38.5 Å². The van der Waals surface area contributed by atoms with Gasteiger partial charge in [0.15, 0.2) is 0 Å². The van der Waals surface area contributed by atoms with E-state index in [1.807, 2.05) is 0 Å². The molecule has 2 heteroatoms. The molecule has 0 N–H and O–H groups in total. The van der Waals surface area contributed by atoms with Crippen LogP contribution in [0.2, 0.25) is 0 Å². The minimum absolute atomic E-state index is 0.608. The van der Waals surface area contributed by atoms with Crippen LogP contribution in [0.4, 0.5) is 4.39 Å². The lowest BCUT2D eigenvalue weighted by atomic mass is 10.0. The van der Waals surface area contributed by atoms with Gasteiger partial charge in [-0.2, -0.15) is 0 Å². The van der Waals surface area contributed by atoms with Crippen LogP contribution in [0.1, 0.15) is 130 Å². The molecule has 26 heavy (non-hydrogen) atoms. The summed E-state index contributed by atoms with van der Waals surface area (Å²) in [5.41, 5.74) is 0. The fourth-order valence-corrected chi connectivity index (χ4v) is 3.45. The summed E-state index contributed by atoms with van der Waals surface area (Å²) in [6, 6.07) is 0. The number of hydrogen-bond acceptors (Lipinski definition) is 1. The Morgan fingerprint density at radius 3 is 1.31 bits per heavy atom. The average molecular weight is 373 g/mol. The Bertz CT molecular complexity index is 227. The molecule has 1 nitrogen and oxygen atoms in total. The van der Waals surface area contributed by atoms with Crippen LogP contribution in [0.5, 0.6) is 0 Å². The minimum atomic E-state index is -0.608. The van der Waals surface area contributed by atoms with Gasteiger partial charge >= 0.3 is 0 Å². The molecule has 0 aromatic heterocycles. The molecule has 0 aliphatic rings. The van der Waals surface area contributed by atoms with Gasteiger partial charge in [-0.3, -0.25) is 0 Å². The highest BCUT2D eigenvalue weighted by atomic mass is 19.1. The Kier molecular flexibility index (Phi) is 21.1. The minimum Gasteiger partial charge on any atom is -0.381 e. The van der Waals surface area contributed by atoms with Crippen LogP contribution in [0, 0.1) is 5.92 Å². The molecule has 0 amide bonds. The van der Waals surface area contributed by atoms with Crippen molar-refractivity contribution in [1.82, 2.24) is 0 Å². The van der Waals surface area contributed by atoms with Crippen molar-refractivity contribution in [1.29, 1.82) is 0 Å². The maximum Gasteiger partial charge on any atom is 0.0973 e. The highest BCUT2D eigenvalue weighted by molar-refractivity contribution is 4.52.